The van der Waals surface area contributed by atoms with E-state index < -0.39 is 10.0 Å². The van der Waals surface area contributed by atoms with Crippen molar-refractivity contribution in [1.29, 1.82) is 0 Å². The number of ether oxygens (including phenoxy) is 2. The Kier molecular flexibility index (Phi) is 4.72. The quantitative estimate of drug-likeness (QED) is 0.584. The molecule has 2 aliphatic heterocycles. The molecule has 7 heteroatoms. The van der Waals surface area contributed by atoms with Gasteiger partial charge in [-0.25, -0.2) is 8.42 Å². The Morgan fingerprint density at radius 1 is 0.963 bits per heavy atom. The van der Waals surface area contributed by atoms with Crippen LogP contribution in [0.2, 0.25) is 0 Å². The molecule has 0 radical (unpaired) electrons. The third kappa shape index (κ3) is 3.61. The van der Waals surface area contributed by atoms with Crippen molar-refractivity contribution in [3.05, 3.63) is 59.7 Å². The van der Waals surface area contributed by atoms with Crippen LogP contribution >= 0.6 is 0 Å². The molecule has 0 spiro atoms. The summed E-state index contributed by atoms with van der Waals surface area (Å²) in [6.07, 6.45) is 4.93. The van der Waals surface area contributed by atoms with Crippen LogP contribution in [0.3, 0.4) is 0 Å². The van der Waals surface area contributed by atoms with Crippen molar-refractivity contribution in [3.63, 3.8) is 0 Å². The van der Waals surface area contributed by atoms with Gasteiger partial charge in [0.1, 0.15) is 0 Å². The SMILES string of the molecule is O=C(/C=C/c1ccc2c(c1)OCO2)c1ccc(S(=O)(=O)N2CCCC2)cc1. The van der Waals surface area contributed by atoms with E-state index in [9.17, 15) is 13.2 Å². The van der Waals surface area contributed by atoms with Gasteiger partial charge >= 0.3 is 0 Å². The fourth-order valence-corrected chi connectivity index (χ4v) is 4.67. The summed E-state index contributed by atoms with van der Waals surface area (Å²) in [5, 5.41) is 0. The van der Waals surface area contributed by atoms with Gasteiger partial charge in [0.25, 0.3) is 0 Å². The van der Waals surface area contributed by atoms with Crippen LogP contribution in [0, 0.1) is 0 Å². The molecule has 0 bridgehead atoms. The first kappa shape index (κ1) is 17.8. The van der Waals surface area contributed by atoms with Gasteiger partial charge in [-0.15, -0.1) is 0 Å². The van der Waals surface area contributed by atoms with Crippen molar-refractivity contribution < 1.29 is 22.7 Å². The van der Waals surface area contributed by atoms with Crippen molar-refractivity contribution in [3.8, 4) is 11.5 Å². The van der Waals surface area contributed by atoms with E-state index in [1.54, 1.807) is 30.3 Å². The molecule has 2 aliphatic rings. The third-order valence-electron chi connectivity index (χ3n) is 4.67. The summed E-state index contributed by atoms with van der Waals surface area (Å²) in [6, 6.07) is 11.5. The highest BCUT2D eigenvalue weighted by atomic mass is 32.2. The zero-order valence-electron chi connectivity index (χ0n) is 14.6. The number of allylic oxidation sites excluding steroid dienone is 1. The highest BCUT2D eigenvalue weighted by molar-refractivity contribution is 7.89. The lowest BCUT2D eigenvalue weighted by molar-refractivity contribution is 0.104. The predicted molar refractivity (Wildman–Crippen MR) is 100 cm³/mol. The van der Waals surface area contributed by atoms with E-state index in [0.29, 0.717) is 30.2 Å². The van der Waals surface area contributed by atoms with Crippen LogP contribution in [0.5, 0.6) is 11.5 Å². The molecular weight excluding hydrogens is 366 g/mol. The summed E-state index contributed by atoms with van der Waals surface area (Å²) in [6.45, 7) is 1.32. The molecule has 0 unspecified atom stereocenters. The predicted octanol–water partition coefficient (Wildman–Crippen LogP) is 3.10. The molecule has 140 valence electrons. The number of rotatable bonds is 5. The van der Waals surface area contributed by atoms with Crippen molar-refractivity contribution in [1.82, 2.24) is 4.31 Å². The molecule has 0 saturated carbocycles. The van der Waals surface area contributed by atoms with Crippen molar-refractivity contribution in [2.75, 3.05) is 19.9 Å². The number of sulfonamides is 1. The van der Waals surface area contributed by atoms with Crippen molar-refractivity contribution in [2.45, 2.75) is 17.7 Å². The number of carbonyl (C=O) groups is 1. The molecule has 1 fully saturated rings. The standard InChI is InChI=1S/C20H19NO5S/c22-18(9-3-15-4-10-19-20(13-15)26-14-25-19)16-5-7-17(8-6-16)27(23,24)21-11-1-2-12-21/h3-10,13H,1-2,11-12,14H2/b9-3+. The van der Waals surface area contributed by atoms with E-state index in [1.807, 2.05) is 6.07 Å². The Morgan fingerprint density at radius 3 is 2.41 bits per heavy atom. The minimum atomic E-state index is -3.46. The average Bonchev–Trinajstić information content (AvgIpc) is 3.37. The molecule has 2 aromatic carbocycles. The third-order valence-corrected chi connectivity index (χ3v) is 6.58. The van der Waals surface area contributed by atoms with Gasteiger partial charge in [0.15, 0.2) is 17.3 Å². The van der Waals surface area contributed by atoms with E-state index in [0.717, 1.165) is 18.4 Å². The Hall–Kier alpha value is -2.64. The summed E-state index contributed by atoms with van der Waals surface area (Å²) in [5.74, 6) is 1.15. The average molecular weight is 385 g/mol. The highest BCUT2D eigenvalue weighted by Gasteiger charge is 2.27. The molecule has 27 heavy (non-hydrogen) atoms. The lowest BCUT2D eigenvalue weighted by atomic mass is 10.1. The highest BCUT2D eigenvalue weighted by Crippen LogP contribution is 2.32. The minimum Gasteiger partial charge on any atom is -0.454 e. The normalized spacial score (nSPS) is 16.9. The van der Waals surface area contributed by atoms with Crippen LogP contribution in [0.25, 0.3) is 6.08 Å². The van der Waals surface area contributed by atoms with Crippen LogP contribution in [-0.4, -0.2) is 38.4 Å². The lowest BCUT2D eigenvalue weighted by Crippen LogP contribution is -2.27. The van der Waals surface area contributed by atoms with E-state index in [-0.39, 0.29) is 17.5 Å². The van der Waals surface area contributed by atoms with Crippen LogP contribution in [0.15, 0.2) is 53.4 Å². The number of hydrogen-bond acceptors (Lipinski definition) is 5. The molecular formula is C20H19NO5S. The largest absolute Gasteiger partial charge is 0.454 e. The Bertz CT molecular complexity index is 990. The summed E-state index contributed by atoms with van der Waals surface area (Å²) >= 11 is 0. The van der Waals surface area contributed by atoms with Crippen LogP contribution in [-0.2, 0) is 10.0 Å². The number of fused-ring (bicyclic) bond motifs is 1. The number of hydrogen-bond donors (Lipinski definition) is 0. The maximum absolute atomic E-state index is 12.5. The second-order valence-electron chi connectivity index (χ2n) is 6.45. The van der Waals surface area contributed by atoms with Crippen molar-refractivity contribution in [2.24, 2.45) is 0 Å². The molecule has 6 nitrogen and oxygen atoms in total. The second kappa shape index (κ2) is 7.17. The monoisotopic (exact) mass is 385 g/mol. The molecule has 2 aromatic rings. The van der Waals surface area contributed by atoms with Gasteiger partial charge in [0.2, 0.25) is 16.8 Å². The molecule has 2 heterocycles. The number of ketones is 1. The number of benzene rings is 2. The van der Waals surface area contributed by atoms with Gasteiger partial charge in [0.05, 0.1) is 4.90 Å². The molecule has 0 aliphatic carbocycles. The second-order valence-corrected chi connectivity index (χ2v) is 8.38. The molecule has 0 aromatic heterocycles. The molecule has 0 atom stereocenters. The summed E-state index contributed by atoms with van der Waals surface area (Å²) < 4.78 is 37.1. The van der Waals surface area contributed by atoms with Crippen molar-refractivity contribution >= 4 is 21.9 Å². The lowest BCUT2D eigenvalue weighted by Gasteiger charge is -2.15. The summed E-state index contributed by atoms with van der Waals surface area (Å²) in [4.78, 5) is 12.6. The van der Waals surface area contributed by atoms with E-state index in [2.05, 4.69) is 0 Å². The van der Waals surface area contributed by atoms with E-state index in [4.69, 9.17) is 9.47 Å². The maximum Gasteiger partial charge on any atom is 0.243 e. The molecule has 4 rings (SSSR count). The van der Waals surface area contributed by atoms with Gasteiger partial charge in [-0.3, -0.25) is 4.79 Å². The first-order valence-corrected chi connectivity index (χ1v) is 10.2. The van der Waals surface area contributed by atoms with Gasteiger partial charge in [-0.1, -0.05) is 12.1 Å². The summed E-state index contributed by atoms with van der Waals surface area (Å²) in [5.41, 5.74) is 1.26. The Balaban J connectivity index is 1.48. The minimum absolute atomic E-state index is 0.196. The topological polar surface area (TPSA) is 72.9 Å². The Labute approximate surface area is 158 Å². The van der Waals surface area contributed by atoms with Crippen LogP contribution in [0.1, 0.15) is 28.8 Å². The number of carbonyl (C=O) groups excluding carboxylic acids is 1. The zero-order valence-corrected chi connectivity index (χ0v) is 15.4. The first-order valence-electron chi connectivity index (χ1n) is 8.76. The van der Waals surface area contributed by atoms with E-state index >= 15 is 0 Å². The van der Waals surface area contributed by atoms with Gasteiger partial charge < -0.3 is 9.47 Å². The van der Waals surface area contributed by atoms with E-state index in [1.165, 1.54) is 22.5 Å². The van der Waals surface area contributed by atoms with Crippen LogP contribution < -0.4 is 9.47 Å². The van der Waals surface area contributed by atoms with Crippen LogP contribution in [0.4, 0.5) is 0 Å². The van der Waals surface area contributed by atoms with Gasteiger partial charge in [-0.05, 0) is 60.9 Å². The Morgan fingerprint density at radius 2 is 1.67 bits per heavy atom. The molecule has 0 N–H and O–H groups in total. The first-order chi connectivity index (χ1) is 13.0. The fourth-order valence-electron chi connectivity index (χ4n) is 3.15. The van der Waals surface area contributed by atoms with Gasteiger partial charge in [0, 0.05) is 18.7 Å². The zero-order chi connectivity index (χ0) is 18.9. The van der Waals surface area contributed by atoms with Gasteiger partial charge in [-0.2, -0.15) is 4.31 Å². The maximum atomic E-state index is 12.5. The molecule has 1 saturated heterocycles. The number of nitrogens with zero attached hydrogens (tertiary/aromatic N) is 1. The summed E-state index contributed by atoms with van der Waals surface area (Å²) in [7, 11) is -3.46. The molecule has 0 amide bonds. The fraction of sp³-hybridized carbons (Fsp3) is 0.250. The smallest absolute Gasteiger partial charge is 0.243 e.